The van der Waals surface area contributed by atoms with Crippen LogP contribution in [0.5, 0.6) is 0 Å². The average molecular weight is 276 g/mol. The standard InChI is InChI=1S/C16H24N2S/c1-11-6-7-13(12(2)10-11)17-15-18-14(8-9-19-15)16(3,4)5/h6-7,10,14H,8-9H2,1-5H3,(H,17,18). The molecule has 0 bridgehead atoms. The predicted molar refractivity (Wildman–Crippen MR) is 87.3 cm³/mol. The number of nitrogens with zero attached hydrogens (tertiary/aromatic N) is 1. The van der Waals surface area contributed by atoms with E-state index < -0.39 is 0 Å². The van der Waals surface area contributed by atoms with Crippen LogP contribution < -0.4 is 5.32 Å². The fourth-order valence-electron chi connectivity index (χ4n) is 2.27. The first-order valence-electron chi connectivity index (χ1n) is 6.91. The summed E-state index contributed by atoms with van der Waals surface area (Å²) in [6, 6.07) is 6.92. The van der Waals surface area contributed by atoms with Crippen LogP contribution in [0.1, 0.15) is 38.3 Å². The Hall–Kier alpha value is -0.960. The highest BCUT2D eigenvalue weighted by Crippen LogP contribution is 2.31. The molecular weight excluding hydrogens is 252 g/mol. The van der Waals surface area contributed by atoms with Crippen molar-refractivity contribution in [2.75, 3.05) is 11.1 Å². The number of nitrogens with one attached hydrogen (secondary N) is 1. The fourth-order valence-corrected chi connectivity index (χ4v) is 3.19. The summed E-state index contributed by atoms with van der Waals surface area (Å²) in [4.78, 5) is 4.88. The zero-order valence-electron chi connectivity index (χ0n) is 12.6. The van der Waals surface area contributed by atoms with Crippen LogP contribution in [0.15, 0.2) is 23.2 Å². The molecule has 1 N–H and O–H groups in total. The molecule has 0 amide bonds. The minimum atomic E-state index is 0.246. The van der Waals surface area contributed by atoms with Crippen LogP contribution in [-0.4, -0.2) is 17.0 Å². The lowest BCUT2D eigenvalue weighted by molar-refractivity contribution is 0.316. The minimum absolute atomic E-state index is 0.246. The number of aliphatic imine (C=N–C) groups is 1. The topological polar surface area (TPSA) is 24.4 Å². The molecule has 1 aliphatic rings. The van der Waals surface area contributed by atoms with Gasteiger partial charge in [0.2, 0.25) is 0 Å². The van der Waals surface area contributed by atoms with Crippen molar-refractivity contribution in [3.05, 3.63) is 29.3 Å². The summed E-state index contributed by atoms with van der Waals surface area (Å²) in [6.45, 7) is 11.1. The van der Waals surface area contributed by atoms with Gasteiger partial charge in [-0.1, -0.05) is 50.2 Å². The second kappa shape index (κ2) is 5.58. The van der Waals surface area contributed by atoms with Crippen LogP contribution in [0.4, 0.5) is 5.69 Å². The summed E-state index contributed by atoms with van der Waals surface area (Å²) in [5, 5.41) is 4.56. The average Bonchev–Trinajstić information content (AvgIpc) is 2.32. The van der Waals surface area contributed by atoms with Gasteiger partial charge in [-0.3, -0.25) is 4.99 Å². The van der Waals surface area contributed by atoms with E-state index in [1.165, 1.54) is 23.2 Å². The van der Waals surface area contributed by atoms with E-state index in [2.05, 4.69) is 58.1 Å². The molecule has 1 aliphatic heterocycles. The molecule has 1 atom stereocenters. The van der Waals surface area contributed by atoms with Gasteiger partial charge < -0.3 is 5.32 Å². The van der Waals surface area contributed by atoms with Crippen LogP contribution in [0, 0.1) is 19.3 Å². The normalized spacial score (nSPS) is 20.1. The van der Waals surface area contributed by atoms with Crippen molar-refractivity contribution in [2.24, 2.45) is 10.4 Å². The Balaban J connectivity index is 2.16. The minimum Gasteiger partial charge on any atom is -0.335 e. The number of benzene rings is 1. The summed E-state index contributed by atoms with van der Waals surface area (Å²) in [5.41, 5.74) is 4.00. The first kappa shape index (κ1) is 14.4. The van der Waals surface area contributed by atoms with Crippen molar-refractivity contribution in [3.63, 3.8) is 0 Å². The summed E-state index contributed by atoms with van der Waals surface area (Å²) in [6.07, 6.45) is 1.17. The zero-order valence-corrected chi connectivity index (χ0v) is 13.4. The molecule has 19 heavy (non-hydrogen) atoms. The molecule has 0 saturated carbocycles. The largest absolute Gasteiger partial charge is 0.335 e. The lowest BCUT2D eigenvalue weighted by Gasteiger charge is -2.31. The van der Waals surface area contributed by atoms with Crippen LogP contribution in [0.2, 0.25) is 0 Å². The fraction of sp³-hybridized carbons (Fsp3) is 0.562. The molecule has 2 nitrogen and oxygen atoms in total. The van der Waals surface area contributed by atoms with E-state index in [4.69, 9.17) is 4.99 Å². The maximum absolute atomic E-state index is 4.88. The third kappa shape index (κ3) is 3.75. The van der Waals surface area contributed by atoms with Crippen molar-refractivity contribution < 1.29 is 0 Å². The molecule has 0 spiro atoms. The Morgan fingerprint density at radius 3 is 2.63 bits per heavy atom. The molecule has 0 fully saturated rings. The van der Waals surface area contributed by atoms with Gasteiger partial charge in [-0.05, 0) is 37.3 Å². The van der Waals surface area contributed by atoms with E-state index in [-0.39, 0.29) is 5.41 Å². The first-order chi connectivity index (χ1) is 8.86. The molecule has 0 saturated heterocycles. The van der Waals surface area contributed by atoms with E-state index in [1.807, 2.05) is 11.8 Å². The van der Waals surface area contributed by atoms with Gasteiger partial charge in [0.05, 0.1) is 6.04 Å². The van der Waals surface area contributed by atoms with Gasteiger partial charge >= 0.3 is 0 Å². The number of anilines is 1. The Labute approximate surface area is 121 Å². The van der Waals surface area contributed by atoms with Gasteiger partial charge in [-0.25, -0.2) is 0 Å². The maximum atomic E-state index is 4.88. The molecule has 104 valence electrons. The number of rotatable bonds is 1. The van der Waals surface area contributed by atoms with Gasteiger partial charge in [-0.15, -0.1) is 0 Å². The summed E-state index contributed by atoms with van der Waals surface area (Å²) >= 11 is 1.83. The van der Waals surface area contributed by atoms with E-state index in [9.17, 15) is 0 Å². The molecule has 2 rings (SSSR count). The number of amidine groups is 1. The lowest BCUT2D eigenvalue weighted by Crippen LogP contribution is -2.30. The van der Waals surface area contributed by atoms with Gasteiger partial charge in [0.15, 0.2) is 5.17 Å². The quantitative estimate of drug-likeness (QED) is 0.809. The Kier molecular flexibility index (Phi) is 4.24. The maximum Gasteiger partial charge on any atom is 0.161 e. The number of aryl methyl sites for hydroxylation is 2. The van der Waals surface area contributed by atoms with E-state index >= 15 is 0 Å². The molecular formula is C16H24N2S. The second-order valence-electron chi connectivity index (χ2n) is 6.40. The highest BCUT2D eigenvalue weighted by Gasteiger charge is 2.27. The summed E-state index contributed by atoms with van der Waals surface area (Å²) < 4.78 is 0. The third-order valence-electron chi connectivity index (χ3n) is 3.53. The van der Waals surface area contributed by atoms with E-state index in [1.54, 1.807) is 0 Å². The second-order valence-corrected chi connectivity index (χ2v) is 7.48. The van der Waals surface area contributed by atoms with E-state index in [0.717, 1.165) is 10.9 Å². The van der Waals surface area contributed by atoms with Gasteiger partial charge in [0.25, 0.3) is 0 Å². The summed E-state index contributed by atoms with van der Waals surface area (Å²) in [7, 11) is 0. The summed E-state index contributed by atoms with van der Waals surface area (Å²) in [5.74, 6) is 1.15. The molecule has 0 aromatic heterocycles. The molecule has 3 heteroatoms. The Morgan fingerprint density at radius 1 is 1.26 bits per heavy atom. The highest BCUT2D eigenvalue weighted by molar-refractivity contribution is 8.14. The number of thioether (sulfide) groups is 1. The van der Waals surface area contributed by atoms with Crippen molar-refractivity contribution in [1.82, 2.24) is 0 Å². The van der Waals surface area contributed by atoms with Crippen LogP contribution in [0.25, 0.3) is 0 Å². The van der Waals surface area contributed by atoms with Crippen LogP contribution >= 0.6 is 11.8 Å². The van der Waals surface area contributed by atoms with Crippen molar-refractivity contribution in [1.29, 1.82) is 0 Å². The number of hydrogen-bond acceptors (Lipinski definition) is 3. The molecule has 0 aliphatic carbocycles. The van der Waals surface area contributed by atoms with Gasteiger partial charge in [0, 0.05) is 11.4 Å². The smallest absolute Gasteiger partial charge is 0.161 e. The Morgan fingerprint density at radius 2 is 2.00 bits per heavy atom. The zero-order chi connectivity index (χ0) is 14.0. The number of hydrogen-bond donors (Lipinski definition) is 1. The van der Waals surface area contributed by atoms with E-state index in [0.29, 0.717) is 6.04 Å². The lowest BCUT2D eigenvalue weighted by atomic mass is 9.85. The van der Waals surface area contributed by atoms with Crippen LogP contribution in [0.3, 0.4) is 0 Å². The molecule has 1 unspecified atom stereocenters. The highest BCUT2D eigenvalue weighted by atomic mass is 32.2. The van der Waals surface area contributed by atoms with Crippen molar-refractivity contribution in [3.8, 4) is 0 Å². The van der Waals surface area contributed by atoms with Crippen molar-refractivity contribution >= 4 is 22.6 Å². The third-order valence-corrected chi connectivity index (χ3v) is 4.45. The monoisotopic (exact) mass is 276 g/mol. The van der Waals surface area contributed by atoms with Gasteiger partial charge in [0.1, 0.15) is 0 Å². The van der Waals surface area contributed by atoms with Crippen molar-refractivity contribution in [2.45, 2.75) is 47.1 Å². The Bertz CT molecular complexity index is 486. The molecule has 1 aromatic rings. The molecule has 1 heterocycles. The predicted octanol–water partition coefficient (Wildman–Crippen LogP) is 4.62. The first-order valence-corrected chi connectivity index (χ1v) is 7.90. The molecule has 0 radical (unpaired) electrons. The molecule has 1 aromatic carbocycles. The SMILES string of the molecule is Cc1ccc(NC2=NC(C(C)(C)C)CCS2)c(C)c1. The van der Waals surface area contributed by atoms with Crippen LogP contribution in [-0.2, 0) is 0 Å². The van der Waals surface area contributed by atoms with Gasteiger partial charge in [-0.2, -0.15) is 0 Å².